The number of hydrogen-bond donors (Lipinski definition) is 3. The van der Waals surface area contributed by atoms with Gasteiger partial charge in [0.15, 0.2) is 0 Å². The second kappa shape index (κ2) is 10.3. The van der Waals surface area contributed by atoms with Crippen molar-refractivity contribution in [2.45, 2.75) is 32.1 Å². The standard InChI is InChI=1S/C22H26BrN3O4S/c1-31(29,30)26(13-5-3-2-4-6-22(27)25-28)19-10-7-16(8-11-19)21-15-17-14-18(23)9-12-20(17)24-21/h7-12,14-15,24,28H,2-6,13H2,1H3,(H,25,27). The van der Waals surface area contributed by atoms with Crippen LogP contribution in [-0.4, -0.2) is 37.3 Å². The highest BCUT2D eigenvalue weighted by molar-refractivity contribution is 9.10. The summed E-state index contributed by atoms with van der Waals surface area (Å²) in [5.41, 5.74) is 5.23. The minimum atomic E-state index is -3.41. The quantitative estimate of drug-likeness (QED) is 0.208. The van der Waals surface area contributed by atoms with Crippen LogP contribution in [0.2, 0.25) is 0 Å². The average molecular weight is 508 g/mol. The number of fused-ring (bicyclic) bond motifs is 1. The Labute approximate surface area is 190 Å². The van der Waals surface area contributed by atoms with Crippen molar-refractivity contribution in [3.8, 4) is 11.3 Å². The number of sulfonamides is 1. The molecule has 0 radical (unpaired) electrons. The topological polar surface area (TPSA) is 102 Å². The van der Waals surface area contributed by atoms with Crippen LogP contribution in [0.3, 0.4) is 0 Å². The van der Waals surface area contributed by atoms with E-state index in [1.807, 2.05) is 42.5 Å². The summed E-state index contributed by atoms with van der Waals surface area (Å²) in [7, 11) is -3.41. The third-order valence-electron chi connectivity index (χ3n) is 5.09. The molecule has 1 aromatic heterocycles. The Hall–Kier alpha value is -2.36. The molecular weight excluding hydrogens is 482 g/mol. The van der Waals surface area contributed by atoms with Gasteiger partial charge >= 0.3 is 0 Å². The molecule has 3 aromatic rings. The van der Waals surface area contributed by atoms with Crippen LogP contribution < -0.4 is 9.79 Å². The highest BCUT2D eigenvalue weighted by atomic mass is 79.9. The largest absolute Gasteiger partial charge is 0.355 e. The molecule has 166 valence electrons. The van der Waals surface area contributed by atoms with E-state index in [1.54, 1.807) is 5.48 Å². The number of nitrogens with zero attached hydrogens (tertiary/aromatic N) is 1. The first kappa shape index (κ1) is 23.3. The van der Waals surface area contributed by atoms with Gasteiger partial charge in [-0.2, -0.15) is 0 Å². The third kappa shape index (κ3) is 6.32. The summed E-state index contributed by atoms with van der Waals surface area (Å²) in [4.78, 5) is 14.4. The molecule has 3 N–H and O–H groups in total. The maximum atomic E-state index is 12.3. The number of rotatable bonds is 10. The molecule has 0 atom stereocenters. The number of aromatic nitrogens is 1. The van der Waals surface area contributed by atoms with Gasteiger partial charge in [0.1, 0.15) is 0 Å². The first-order valence-electron chi connectivity index (χ1n) is 10.1. The molecule has 0 bridgehead atoms. The van der Waals surface area contributed by atoms with E-state index in [2.05, 4.69) is 27.0 Å². The number of hydroxylamine groups is 1. The number of halogens is 1. The number of nitrogens with one attached hydrogen (secondary N) is 2. The fourth-order valence-corrected chi connectivity index (χ4v) is 4.85. The number of amides is 1. The lowest BCUT2D eigenvalue weighted by Gasteiger charge is -2.22. The van der Waals surface area contributed by atoms with E-state index in [0.29, 0.717) is 25.1 Å². The van der Waals surface area contributed by atoms with Crippen LogP contribution in [0.15, 0.2) is 53.0 Å². The summed E-state index contributed by atoms with van der Waals surface area (Å²) in [6.07, 6.45) is 4.40. The number of anilines is 1. The monoisotopic (exact) mass is 507 g/mol. The Bertz CT molecular complexity index is 1140. The van der Waals surface area contributed by atoms with Gasteiger partial charge in [0, 0.05) is 34.0 Å². The van der Waals surface area contributed by atoms with Crippen LogP contribution in [0.1, 0.15) is 32.1 Å². The first-order chi connectivity index (χ1) is 14.8. The SMILES string of the molecule is CS(=O)(=O)N(CCCCCCC(=O)NO)c1ccc(-c2cc3cc(Br)ccc3[nH]2)cc1. The van der Waals surface area contributed by atoms with Crippen LogP contribution >= 0.6 is 15.9 Å². The minimum Gasteiger partial charge on any atom is -0.355 e. The number of benzene rings is 2. The molecule has 1 heterocycles. The summed E-state index contributed by atoms with van der Waals surface area (Å²) in [6, 6.07) is 15.6. The van der Waals surface area contributed by atoms with Gasteiger partial charge in [-0.1, -0.05) is 40.9 Å². The molecule has 0 aliphatic carbocycles. The molecule has 0 saturated heterocycles. The van der Waals surface area contributed by atoms with Crippen molar-refractivity contribution in [1.82, 2.24) is 10.5 Å². The predicted octanol–water partition coefficient (Wildman–Crippen LogP) is 4.82. The average Bonchev–Trinajstić information content (AvgIpc) is 3.15. The van der Waals surface area contributed by atoms with Crippen molar-refractivity contribution in [2.24, 2.45) is 0 Å². The first-order valence-corrected chi connectivity index (χ1v) is 12.7. The van der Waals surface area contributed by atoms with Crippen LogP contribution in [0, 0.1) is 0 Å². The van der Waals surface area contributed by atoms with Gasteiger partial charge in [-0.05, 0) is 54.8 Å². The van der Waals surface area contributed by atoms with Crippen LogP contribution in [0.5, 0.6) is 0 Å². The van der Waals surface area contributed by atoms with E-state index < -0.39 is 15.9 Å². The molecule has 2 aromatic carbocycles. The van der Waals surface area contributed by atoms with Crippen LogP contribution in [-0.2, 0) is 14.8 Å². The second-order valence-electron chi connectivity index (χ2n) is 7.50. The molecule has 3 rings (SSSR count). The van der Waals surface area contributed by atoms with E-state index in [-0.39, 0.29) is 6.42 Å². The smallest absolute Gasteiger partial charge is 0.243 e. The molecule has 0 fully saturated rings. The summed E-state index contributed by atoms with van der Waals surface area (Å²) in [6.45, 7) is 0.380. The van der Waals surface area contributed by atoms with Gasteiger partial charge < -0.3 is 4.98 Å². The predicted molar refractivity (Wildman–Crippen MR) is 127 cm³/mol. The number of aromatic amines is 1. The Morgan fingerprint density at radius 3 is 2.45 bits per heavy atom. The Kier molecular flexibility index (Phi) is 7.74. The molecule has 0 aliphatic rings. The number of unbranched alkanes of at least 4 members (excludes halogenated alkanes) is 3. The molecule has 0 unspecified atom stereocenters. The lowest BCUT2D eigenvalue weighted by atomic mass is 10.1. The highest BCUT2D eigenvalue weighted by Crippen LogP contribution is 2.28. The van der Waals surface area contributed by atoms with Crippen LogP contribution in [0.4, 0.5) is 5.69 Å². The lowest BCUT2D eigenvalue weighted by molar-refractivity contribution is -0.129. The maximum absolute atomic E-state index is 12.3. The summed E-state index contributed by atoms with van der Waals surface area (Å²) < 4.78 is 27.1. The number of carbonyl (C=O) groups excluding carboxylic acids is 1. The molecular formula is C22H26BrN3O4S. The number of hydrogen-bond acceptors (Lipinski definition) is 4. The molecule has 0 saturated carbocycles. The van der Waals surface area contributed by atoms with Crippen LogP contribution in [0.25, 0.3) is 22.2 Å². The molecule has 0 aliphatic heterocycles. The van der Waals surface area contributed by atoms with E-state index in [9.17, 15) is 13.2 Å². The van der Waals surface area contributed by atoms with E-state index in [4.69, 9.17) is 5.21 Å². The number of carbonyl (C=O) groups is 1. The van der Waals surface area contributed by atoms with Gasteiger partial charge in [0.05, 0.1) is 11.9 Å². The Morgan fingerprint density at radius 2 is 1.77 bits per heavy atom. The van der Waals surface area contributed by atoms with E-state index in [1.165, 1.54) is 10.6 Å². The molecule has 1 amide bonds. The van der Waals surface area contributed by atoms with E-state index in [0.717, 1.165) is 39.5 Å². The molecule has 9 heteroatoms. The zero-order valence-corrected chi connectivity index (χ0v) is 19.7. The van der Waals surface area contributed by atoms with Gasteiger partial charge in [0.2, 0.25) is 15.9 Å². The van der Waals surface area contributed by atoms with Crippen molar-refractivity contribution < 1.29 is 18.4 Å². The van der Waals surface area contributed by atoms with Crippen molar-refractivity contribution in [3.05, 3.63) is 53.0 Å². The lowest BCUT2D eigenvalue weighted by Crippen LogP contribution is -2.30. The summed E-state index contributed by atoms with van der Waals surface area (Å²) in [5, 5.41) is 9.59. The normalized spacial score (nSPS) is 11.6. The molecule has 7 nitrogen and oxygen atoms in total. The van der Waals surface area contributed by atoms with Crippen molar-refractivity contribution in [3.63, 3.8) is 0 Å². The van der Waals surface area contributed by atoms with Gasteiger partial charge in [-0.3, -0.25) is 14.3 Å². The Balaban J connectivity index is 1.66. The summed E-state index contributed by atoms with van der Waals surface area (Å²) in [5.74, 6) is -0.402. The minimum absolute atomic E-state index is 0.262. The van der Waals surface area contributed by atoms with Gasteiger partial charge in [0.25, 0.3) is 0 Å². The molecule has 0 spiro atoms. The van der Waals surface area contributed by atoms with Gasteiger partial charge in [-0.25, -0.2) is 13.9 Å². The van der Waals surface area contributed by atoms with E-state index >= 15 is 0 Å². The van der Waals surface area contributed by atoms with Crippen molar-refractivity contribution in [1.29, 1.82) is 0 Å². The van der Waals surface area contributed by atoms with Crippen molar-refractivity contribution in [2.75, 3.05) is 17.1 Å². The fraction of sp³-hybridized carbons (Fsp3) is 0.318. The third-order valence-corrected chi connectivity index (χ3v) is 6.78. The van der Waals surface area contributed by atoms with Crippen molar-refractivity contribution >= 4 is 48.5 Å². The zero-order chi connectivity index (χ0) is 22.4. The van der Waals surface area contributed by atoms with Gasteiger partial charge in [-0.15, -0.1) is 0 Å². The second-order valence-corrected chi connectivity index (χ2v) is 10.3. The fourth-order valence-electron chi connectivity index (χ4n) is 3.50. The summed E-state index contributed by atoms with van der Waals surface area (Å²) >= 11 is 3.48. The highest BCUT2D eigenvalue weighted by Gasteiger charge is 2.17. The maximum Gasteiger partial charge on any atom is 0.243 e. The Morgan fingerprint density at radius 1 is 1.06 bits per heavy atom. The number of H-pyrrole nitrogens is 1. The molecule has 31 heavy (non-hydrogen) atoms. The zero-order valence-electron chi connectivity index (χ0n) is 17.3.